The molecule has 0 aliphatic heterocycles. The molecule has 0 radical (unpaired) electrons. The highest BCUT2D eigenvalue weighted by molar-refractivity contribution is 7.98. The standard InChI is InChI=1S/C14H23NOS/c1-4-11(9-17-3)15-10(2)8-12-13(15)6-5-7-14(12)16/h8,11,14,16H,4-7,9H2,1-3H3. The van der Waals surface area contributed by atoms with Gasteiger partial charge in [-0.05, 0) is 44.9 Å². The molecular weight excluding hydrogens is 230 g/mol. The van der Waals surface area contributed by atoms with E-state index < -0.39 is 0 Å². The van der Waals surface area contributed by atoms with E-state index in [4.69, 9.17) is 0 Å². The summed E-state index contributed by atoms with van der Waals surface area (Å²) in [5.41, 5.74) is 3.90. The van der Waals surface area contributed by atoms with Gasteiger partial charge in [0.1, 0.15) is 0 Å². The van der Waals surface area contributed by atoms with Crippen molar-refractivity contribution in [3.8, 4) is 0 Å². The Morgan fingerprint density at radius 2 is 2.35 bits per heavy atom. The minimum absolute atomic E-state index is 0.231. The molecule has 0 spiro atoms. The molecule has 1 aromatic heterocycles. The highest BCUT2D eigenvalue weighted by Crippen LogP contribution is 2.35. The number of nitrogens with zero attached hydrogens (tertiary/aromatic N) is 1. The Morgan fingerprint density at radius 1 is 1.59 bits per heavy atom. The SMILES string of the molecule is CCC(CSC)n1c(C)cc2c1CCCC2O. The van der Waals surface area contributed by atoms with Crippen molar-refractivity contribution < 1.29 is 5.11 Å². The second-order valence-corrected chi connectivity index (χ2v) is 5.89. The van der Waals surface area contributed by atoms with Crippen LogP contribution in [0.3, 0.4) is 0 Å². The number of hydrogen-bond donors (Lipinski definition) is 1. The second kappa shape index (κ2) is 5.49. The second-order valence-electron chi connectivity index (χ2n) is 4.98. The summed E-state index contributed by atoms with van der Waals surface area (Å²) >= 11 is 1.91. The molecule has 1 aromatic rings. The Kier molecular flexibility index (Phi) is 4.21. The summed E-state index contributed by atoms with van der Waals surface area (Å²) in [4.78, 5) is 0. The number of aromatic nitrogens is 1. The van der Waals surface area contributed by atoms with Gasteiger partial charge >= 0.3 is 0 Å². The van der Waals surface area contributed by atoms with Crippen LogP contribution in [0.4, 0.5) is 0 Å². The normalized spacial score (nSPS) is 21.3. The molecule has 1 N–H and O–H groups in total. The number of fused-ring (bicyclic) bond motifs is 1. The number of rotatable bonds is 4. The van der Waals surface area contributed by atoms with Gasteiger partial charge in [-0.15, -0.1) is 0 Å². The Hall–Kier alpha value is -0.410. The van der Waals surface area contributed by atoms with Crippen LogP contribution in [0.1, 0.15) is 55.3 Å². The van der Waals surface area contributed by atoms with Gasteiger partial charge in [-0.1, -0.05) is 6.92 Å². The molecule has 0 saturated heterocycles. The average molecular weight is 253 g/mol. The maximum atomic E-state index is 10.1. The van der Waals surface area contributed by atoms with Crippen molar-refractivity contribution in [2.75, 3.05) is 12.0 Å². The highest BCUT2D eigenvalue weighted by atomic mass is 32.2. The van der Waals surface area contributed by atoms with Gasteiger partial charge in [-0.2, -0.15) is 11.8 Å². The molecule has 96 valence electrons. The van der Waals surface area contributed by atoms with Gasteiger partial charge in [0.2, 0.25) is 0 Å². The molecule has 3 heteroatoms. The third-order valence-corrected chi connectivity index (χ3v) is 4.53. The van der Waals surface area contributed by atoms with E-state index in [1.54, 1.807) is 0 Å². The minimum Gasteiger partial charge on any atom is -0.388 e. The van der Waals surface area contributed by atoms with Crippen LogP contribution in [-0.4, -0.2) is 21.7 Å². The molecule has 0 amide bonds. The molecule has 2 atom stereocenters. The predicted octanol–water partition coefficient (Wildman–Crippen LogP) is 3.48. The first-order chi connectivity index (χ1) is 8.19. The maximum Gasteiger partial charge on any atom is 0.0807 e. The largest absolute Gasteiger partial charge is 0.388 e. The zero-order valence-electron chi connectivity index (χ0n) is 11.1. The van der Waals surface area contributed by atoms with Crippen molar-refractivity contribution in [1.82, 2.24) is 4.57 Å². The van der Waals surface area contributed by atoms with Crippen LogP contribution in [0.15, 0.2) is 6.07 Å². The van der Waals surface area contributed by atoms with Crippen LogP contribution < -0.4 is 0 Å². The number of aliphatic hydroxyl groups is 1. The van der Waals surface area contributed by atoms with Crippen LogP contribution >= 0.6 is 11.8 Å². The lowest BCUT2D eigenvalue weighted by atomic mass is 9.95. The van der Waals surface area contributed by atoms with Crippen molar-refractivity contribution in [2.24, 2.45) is 0 Å². The molecule has 1 aliphatic rings. The number of thioether (sulfide) groups is 1. The summed E-state index contributed by atoms with van der Waals surface area (Å²) in [6.45, 7) is 4.43. The van der Waals surface area contributed by atoms with E-state index in [1.165, 1.54) is 23.4 Å². The molecule has 0 bridgehead atoms. The van der Waals surface area contributed by atoms with Crippen LogP contribution in [0.25, 0.3) is 0 Å². The van der Waals surface area contributed by atoms with Crippen LogP contribution in [0.2, 0.25) is 0 Å². The number of aliphatic hydroxyl groups excluding tert-OH is 1. The lowest BCUT2D eigenvalue weighted by Gasteiger charge is -2.25. The Bertz CT molecular complexity index is 386. The number of aryl methyl sites for hydroxylation is 1. The zero-order valence-corrected chi connectivity index (χ0v) is 11.9. The van der Waals surface area contributed by atoms with E-state index in [9.17, 15) is 5.11 Å². The monoisotopic (exact) mass is 253 g/mol. The quantitative estimate of drug-likeness (QED) is 0.888. The molecule has 0 fully saturated rings. The molecule has 0 aromatic carbocycles. The Balaban J connectivity index is 2.39. The first-order valence-corrected chi connectivity index (χ1v) is 7.96. The van der Waals surface area contributed by atoms with Gasteiger partial charge in [-0.25, -0.2) is 0 Å². The average Bonchev–Trinajstić information content (AvgIpc) is 2.64. The molecule has 0 saturated carbocycles. The van der Waals surface area contributed by atoms with Crippen molar-refractivity contribution >= 4 is 11.8 Å². The van der Waals surface area contributed by atoms with E-state index in [0.29, 0.717) is 6.04 Å². The lowest BCUT2D eigenvalue weighted by Crippen LogP contribution is -2.18. The minimum atomic E-state index is -0.231. The fraction of sp³-hybridized carbons (Fsp3) is 0.714. The summed E-state index contributed by atoms with van der Waals surface area (Å²) < 4.78 is 2.48. The summed E-state index contributed by atoms with van der Waals surface area (Å²) in [6.07, 6.45) is 6.28. The van der Waals surface area contributed by atoms with E-state index >= 15 is 0 Å². The molecule has 2 nitrogen and oxygen atoms in total. The van der Waals surface area contributed by atoms with Crippen LogP contribution in [-0.2, 0) is 6.42 Å². The highest BCUT2D eigenvalue weighted by Gasteiger charge is 2.25. The predicted molar refractivity (Wildman–Crippen MR) is 74.8 cm³/mol. The van der Waals surface area contributed by atoms with Gasteiger partial charge in [0.05, 0.1) is 6.10 Å². The number of hydrogen-bond acceptors (Lipinski definition) is 2. The Morgan fingerprint density at radius 3 is 3.00 bits per heavy atom. The fourth-order valence-corrected chi connectivity index (χ4v) is 3.75. The van der Waals surface area contributed by atoms with Crippen LogP contribution in [0, 0.1) is 6.92 Å². The van der Waals surface area contributed by atoms with Gasteiger partial charge < -0.3 is 9.67 Å². The van der Waals surface area contributed by atoms with Crippen molar-refractivity contribution in [1.29, 1.82) is 0 Å². The van der Waals surface area contributed by atoms with Gasteiger partial charge in [0.25, 0.3) is 0 Å². The van der Waals surface area contributed by atoms with E-state index in [1.807, 2.05) is 11.8 Å². The van der Waals surface area contributed by atoms with Crippen molar-refractivity contribution in [2.45, 2.75) is 51.7 Å². The molecular formula is C14H23NOS. The summed E-state index contributed by atoms with van der Waals surface area (Å²) in [5, 5.41) is 10.1. The smallest absolute Gasteiger partial charge is 0.0807 e. The lowest BCUT2D eigenvalue weighted by molar-refractivity contribution is 0.155. The molecule has 1 heterocycles. The summed E-state index contributed by atoms with van der Waals surface area (Å²) in [6, 6.07) is 2.78. The third kappa shape index (κ3) is 2.41. The van der Waals surface area contributed by atoms with Gasteiger partial charge in [0, 0.05) is 28.7 Å². The van der Waals surface area contributed by atoms with Gasteiger partial charge in [0.15, 0.2) is 0 Å². The fourth-order valence-electron chi connectivity index (χ4n) is 2.98. The van der Waals surface area contributed by atoms with Gasteiger partial charge in [-0.3, -0.25) is 0 Å². The van der Waals surface area contributed by atoms with Crippen molar-refractivity contribution in [3.05, 3.63) is 23.0 Å². The third-order valence-electron chi connectivity index (χ3n) is 3.81. The van der Waals surface area contributed by atoms with Crippen LogP contribution in [0.5, 0.6) is 0 Å². The summed E-state index contributed by atoms with van der Waals surface area (Å²) in [7, 11) is 0. The van der Waals surface area contributed by atoms with E-state index in [2.05, 4.69) is 30.7 Å². The maximum absolute atomic E-state index is 10.1. The topological polar surface area (TPSA) is 25.2 Å². The molecule has 2 rings (SSSR count). The van der Waals surface area contributed by atoms with E-state index in [0.717, 1.165) is 25.0 Å². The van der Waals surface area contributed by atoms with Crippen molar-refractivity contribution in [3.63, 3.8) is 0 Å². The molecule has 17 heavy (non-hydrogen) atoms. The Labute approximate surface area is 108 Å². The molecule has 1 aliphatic carbocycles. The zero-order chi connectivity index (χ0) is 12.4. The molecule has 2 unspecified atom stereocenters. The summed E-state index contributed by atoms with van der Waals surface area (Å²) in [5.74, 6) is 1.16. The first kappa shape index (κ1) is 13.0. The first-order valence-electron chi connectivity index (χ1n) is 6.56. The van der Waals surface area contributed by atoms with E-state index in [-0.39, 0.29) is 6.10 Å².